The number of nitrogens with one attached hydrogen (secondary N) is 2. The van der Waals surface area contributed by atoms with Crippen molar-refractivity contribution in [3.8, 4) is 0 Å². The number of ether oxygens (including phenoxy) is 2. The summed E-state index contributed by atoms with van der Waals surface area (Å²) in [5.41, 5.74) is 1.68. The van der Waals surface area contributed by atoms with Crippen LogP contribution in [-0.2, 0) is 14.3 Å². The van der Waals surface area contributed by atoms with Crippen molar-refractivity contribution in [2.45, 2.75) is 26.2 Å². The number of carbonyl (C=O) groups excluding carboxylic acids is 1. The molecule has 0 saturated carbocycles. The van der Waals surface area contributed by atoms with Gasteiger partial charge in [-0.1, -0.05) is 26.0 Å². The Morgan fingerprint density at radius 3 is 2.79 bits per heavy atom. The summed E-state index contributed by atoms with van der Waals surface area (Å²) in [5.74, 6) is -0.0564. The van der Waals surface area contributed by atoms with Gasteiger partial charge in [0.1, 0.15) is 0 Å². The minimum Gasteiger partial charge on any atom is -0.346 e. The average Bonchev–Trinajstić information content (AvgIpc) is 2.90. The van der Waals surface area contributed by atoms with E-state index >= 15 is 0 Å². The fourth-order valence-corrected chi connectivity index (χ4v) is 1.82. The Bertz CT molecular complexity index is 428. The molecule has 1 fully saturated rings. The highest BCUT2D eigenvalue weighted by Gasteiger charge is 2.18. The van der Waals surface area contributed by atoms with Crippen LogP contribution in [0.4, 0.5) is 5.69 Å². The Balaban J connectivity index is 1.93. The van der Waals surface area contributed by atoms with Gasteiger partial charge in [-0.15, -0.1) is 0 Å². The van der Waals surface area contributed by atoms with E-state index in [2.05, 4.69) is 10.6 Å². The van der Waals surface area contributed by atoms with Crippen molar-refractivity contribution in [3.05, 3.63) is 29.8 Å². The van der Waals surface area contributed by atoms with Crippen molar-refractivity contribution in [1.29, 1.82) is 0 Å². The molecule has 0 unspecified atom stereocenters. The standard InChI is InChI=1S/C14H20N2O3/c1-10(2)15-9-13(17)16-12-5-3-4-11(8-12)14-18-6-7-19-14/h3-5,8,10,14-15H,6-7,9H2,1-2H3,(H,16,17). The van der Waals surface area contributed by atoms with Crippen molar-refractivity contribution in [2.75, 3.05) is 25.1 Å². The van der Waals surface area contributed by atoms with Crippen molar-refractivity contribution < 1.29 is 14.3 Å². The minimum absolute atomic E-state index is 0.0564. The number of rotatable bonds is 5. The molecule has 0 aliphatic carbocycles. The molecule has 1 aliphatic rings. The second-order valence-corrected chi connectivity index (χ2v) is 4.78. The van der Waals surface area contributed by atoms with Gasteiger partial charge in [-0.3, -0.25) is 4.79 Å². The van der Waals surface area contributed by atoms with Gasteiger partial charge >= 0.3 is 0 Å². The Morgan fingerprint density at radius 1 is 1.37 bits per heavy atom. The molecule has 1 aromatic rings. The molecular weight excluding hydrogens is 244 g/mol. The Morgan fingerprint density at radius 2 is 2.11 bits per heavy atom. The monoisotopic (exact) mass is 264 g/mol. The van der Waals surface area contributed by atoms with E-state index in [1.165, 1.54) is 0 Å². The molecule has 2 rings (SSSR count). The van der Waals surface area contributed by atoms with Gasteiger partial charge in [0.05, 0.1) is 19.8 Å². The van der Waals surface area contributed by atoms with Crippen LogP contribution in [0, 0.1) is 0 Å². The molecular formula is C14H20N2O3. The molecule has 2 N–H and O–H groups in total. The fourth-order valence-electron chi connectivity index (χ4n) is 1.82. The molecule has 104 valence electrons. The molecule has 1 saturated heterocycles. The average molecular weight is 264 g/mol. The summed E-state index contributed by atoms with van der Waals surface area (Å²) >= 11 is 0. The van der Waals surface area contributed by atoms with E-state index in [-0.39, 0.29) is 18.2 Å². The van der Waals surface area contributed by atoms with Crippen LogP contribution in [0.3, 0.4) is 0 Å². The Kier molecular flexibility index (Phi) is 4.90. The van der Waals surface area contributed by atoms with Gasteiger partial charge in [-0.2, -0.15) is 0 Å². The summed E-state index contributed by atoms with van der Waals surface area (Å²) in [6, 6.07) is 7.83. The molecule has 0 spiro atoms. The maximum atomic E-state index is 11.7. The molecule has 1 heterocycles. The Hall–Kier alpha value is -1.43. The maximum absolute atomic E-state index is 11.7. The smallest absolute Gasteiger partial charge is 0.238 e. The summed E-state index contributed by atoms with van der Waals surface area (Å²) in [6.07, 6.45) is -0.314. The van der Waals surface area contributed by atoms with Gasteiger partial charge in [0.25, 0.3) is 0 Å². The lowest BCUT2D eigenvalue weighted by molar-refractivity contribution is -0.115. The van der Waals surface area contributed by atoms with Crippen molar-refractivity contribution in [1.82, 2.24) is 5.32 Å². The van der Waals surface area contributed by atoms with E-state index in [1.54, 1.807) is 0 Å². The highest BCUT2D eigenvalue weighted by atomic mass is 16.7. The van der Waals surface area contributed by atoms with Gasteiger partial charge in [-0.25, -0.2) is 0 Å². The normalized spacial score (nSPS) is 15.9. The number of hydrogen-bond donors (Lipinski definition) is 2. The zero-order chi connectivity index (χ0) is 13.7. The maximum Gasteiger partial charge on any atom is 0.238 e. The first-order valence-corrected chi connectivity index (χ1v) is 6.51. The largest absolute Gasteiger partial charge is 0.346 e. The zero-order valence-electron chi connectivity index (χ0n) is 11.3. The zero-order valence-corrected chi connectivity index (χ0v) is 11.3. The van der Waals surface area contributed by atoms with Crippen molar-refractivity contribution >= 4 is 11.6 Å². The van der Waals surface area contributed by atoms with E-state index < -0.39 is 0 Å². The number of hydrogen-bond acceptors (Lipinski definition) is 4. The lowest BCUT2D eigenvalue weighted by atomic mass is 10.2. The number of amides is 1. The molecule has 1 aliphatic heterocycles. The second-order valence-electron chi connectivity index (χ2n) is 4.78. The van der Waals surface area contributed by atoms with Gasteiger partial charge in [0, 0.05) is 17.3 Å². The van der Waals surface area contributed by atoms with Crippen LogP contribution < -0.4 is 10.6 Å². The van der Waals surface area contributed by atoms with Gasteiger partial charge in [-0.05, 0) is 12.1 Å². The third-order valence-corrected chi connectivity index (χ3v) is 2.74. The van der Waals surface area contributed by atoms with E-state index in [1.807, 2.05) is 38.1 Å². The first-order valence-electron chi connectivity index (χ1n) is 6.51. The fraction of sp³-hybridized carbons (Fsp3) is 0.500. The van der Waals surface area contributed by atoms with Crippen LogP contribution in [0.25, 0.3) is 0 Å². The molecule has 1 amide bonds. The summed E-state index contributed by atoms with van der Waals surface area (Å²) in [6.45, 7) is 5.53. The van der Waals surface area contributed by atoms with Crippen LogP contribution in [0.2, 0.25) is 0 Å². The number of benzene rings is 1. The first-order chi connectivity index (χ1) is 9.15. The third-order valence-electron chi connectivity index (χ3n) is 2.74. The lowest BCUT2D eigenvalue weighted by Gasteiger charge is -2.12. The summed E-state index contributed by atoms with van der Waals surface area (Å²) in [7, 11) is 0. The molecule has 0 atom stereocenters. The molecule has 5 heteroatoms. The summed E-state index contributed by atoms with van der Waals surface area (Å²) in [5, 5.41) is 5.92. The Labute approximate surface area is 113 Å². The molecule has 0 aromatic heterocycles. The van der Waals surface area contributed by atoms with Crippen LogP contribution in [0.1, 0.15) is 25.7 Å². The van der Waals surface area contributed by atoms with Crippen molar-refractivity contribution in [2.24, 2.45) is 0 Å². The van der Waals surface area contributed by atoms with E-state index in [0.29, 0.717) is 19.8 Å². The van der Waals surface area contributed by atoms with E-state index in [0.717, 1.165) is 11.3 Å². The predicted molar refractivity (Wildman–Crippen MR) is 72.9 cm³/mol. The van der Waals surface area contributed by atoms with E-state index in [4.69, 9.17) is 9.47 Å². The van der Waals surface area contributed by atoms with Crippen molar-refractivity contribution in [3.63, 3.8) is 0 Å². The quantitative estimate of drug-likeness (QED) is 0.849. The number of carbonyl (C=O) groups is 1. The van der Waals surface area contributed by atoms with Crippen LogP contribution in [0.15, 0.2) is 24.3 Å². The lowest BCUT2D eigenvalue weighted by Crippen LogP contribution is -2.32. The van der Waals surface area contributed by atoms with Crippen LogP contribution in [0.5, 0.6) is 0 Å². The summed E-state index contributed by atoms with van der Waals surface area (Å²) < 4.78 is 10.9. The minimum atomic E-state index is -0.314. The van der Waals surface area contributed by atoms with Gasteiger partial charge in [0.2, 0.25) is 5.91 Å². The number of anilines is 1. The second kappa shape index (κ2) is 6.65. The van der Waals surface area contributed by atoms with Crippen LogP contribution in [-0.4, -0.2) is 31.7 Å². The highest BCUT2D eigenvalue weighted by molar-refractivity contribution is 5.92. The highest BCUT2D eigenvalue weighted by Crippen LogP contribution is 2.25. The first kappa shape index (κ1) is 14.0. The van der Waals surface area contributed by atoms with E-state index in [9.17, 15) is 4.79 Å². The predicted octanol–water partition coefficient (Wildman–Crippen LogP) is 1.67. The molecule has 5 nitrogen and oxygen atoms in total. The SMILES string of the molecule is CC(C)NCC(=O)Nc1cccc(C2OCCO2)c1. The van der Waals surface area contributed by atoms with Crippen LogP contribution >= 0.6 is 0 Å². The molecule has 19 heavy (non-hydrogen) atoms. The third kappa shape index (κ3) is 4.31. The van der Waals surface area contributed by atoms with Gasteiger partial charge < -0.3 is 20.1 Å². The molecule has 0 radical (unpaired) electrons. The van der Waals surface area contributed by atoms with Gasteiger partial charge in [0.15, 0.2) is 6.29 Å². The molecule has 1 aromatic carbocycles. The topological polar surface area (TPSA) is 59.6 Å². The summed E-state index contributed by atoms with van der Waals surface area (Å²) in [4.78, 5) is 11.7. The molecule has 0 bridgehead atoms.